The van der Waals surface area contributed by atoms with Gasteiger partial charge in [-0.25, -0.2) is 0 Å². The van der Waals surface area contributed by atoms with Gasteiger partial charge >= 0.3 is 5.97 Å². The Balaban J connectivity index is 3.00. The molecule has 21 heavy (non-hydrogen) atoms. The van der Waals surface area contributed by atoms with Gasteiger partial charge in [-0.2, -0.15) is 0 Å². The summed E-state index contributed by atoms with van der Waals surface area (Å²) in [5.41, 5.74) is 1.08. The fraction of sp³-hybridized carbons (Fsp3) is 0.529. The Morgan fingerprint density at radius 2 is 1.81 bits per heavy atom. The van der Waals surface area contributed by atoms with Crippen LogP contribution in [0.3, 0.4) is 0 Å². The van der Waals surface area contributed by atoms with Gasteiger partial charge < -0.3 is 9.90 Å². The number of hydrogen-bond donors (Lipinski definition) is 2. The molecular weight excluding hydrogens is 266 g/mol. The Bertz CT molecular complexity index is 439. The van der Waals surface area contributed by atoms with Crippen molar-refractivity contribution < 1.29 is 14.7 Å². The summed E-state index contributed by atoms with van der Waals surface area (Å²) in [5.74, 6) is -1.13. The maximum absolute atomic E-state index is 11.0. The summed E-state index contributed by atoms with van der Waals surface area (Å²) < 4.78 is 0. The molecule has 0 saturated heterocycles. The first kappa shape index (κ1) is 17.4. The zero-order valence-corrected chi connectivity index (χ0v) is 12.8. The average molecular weight is 291 g/mol. The summed E-state index contributed by atoms with van der Waals surface area (Å²) in [7, 11) is 0. The van der Waals surface area contributed by atoms with E-state index in [1.165, 1.54) is 5.56 Å². The van der Waals surface area contributed by atoms with Crippen LogP contribution in [0, 0.1) is 0 Å². The number of carboxylic acid groups (broad SMARTS) is 1. The monoisotopic (exact) mass is 291 g/mol. The summed E-state index contributed by atoms with van der Waals surface area (Å²) in [6.45, 7) is 4.75. The largest absolute Gasteiger partial charge is 0.480 e. The molecule has 1 rings (SSSR count). The molecule has 0 aliphatic carbocycles. The zero-order valence-electron chi connectivity index (χ0n) is 12.8. The predicted octanol–water partition coefficient (Wildman–Crippen LogP) is 2.77. The highest BCUT2D eigenvalue weighted by Crippen LogP contribution is 2.33. The Hall–Kier alpha value is -1.68. The second-order valence-electron chi connectivity index (χ2n) is 5.48. The van der Waals surface area contributed by atoms with Gasteiger partial charge in [-0.15, -0.1) is 0 Å². The van der Waals surface area contributed by atoms with Gasteiger partial charge in [0.05, 0.1) is 0 Å². The lowest BCUT2D eigenvalue weighted by atomic mass is 9.73. The topological polar surface area (TPSA) is 66.4 Å². The Morgan fingerprint density at radius 1 is 1.24 bits per heavy atom. The normalized spacial score (nSPS) is 12.9. The number of aldehydes is 1. The van der Waals surface area contributed by atoms with Crippen LogP contribution in [0.4, 0.5) is 0 Å². The first-order chi connectivity index (χ1) is 10.1. The second-order valence-corrected chi connectivity index (χ2v) is 5.48. The maximum Gasteiger partial charge on any atom is 0.328 e. The molecule has 0 aromatic heterocycles. The molecule has 1 aromatic carbocycles. The highest BCUT2D eigenvalue weighted by molar-refractivity contribution is 5.90. The first-order valence-corrected chi connectivity index (χ1v) is 7.56. The van der Waals surface area contributed by atoms with Gasteiger partial charge in [0, 0.05) is 12.0 Å². The van der Waals surface area contributed by atoms with E-state index >= 15 is 0 Å². The Labute approximate surface area is 126 Å². The van der Waals surface area contributed by atoms with E-state index < -0.39 is 12.0 Å². The molecule has 2 N–H and O–H groups in total. The standard InChI is InChI=1S/C17H25NO3/c1-3-10-17(11-4-2,14-8-6-5-7-9-14)13-18-15(12-19)16(20)21/h5-9,12,15,18H,3-4,10-11,13H2,1-2H3,(H,20,21). The van der Waals surface area contributed by atoms with Crippen LogP contribution in [0.5, 0.6) is 0 Å². The summed E-state index contributed by atoms with van der Waals surface area (Å²) in [5, 5.41) is 11.9. The molecule has 116 valence electrons. The Morgan fingerprint density at radius 3 is 2.24 bits per heavy atom. The van der Waals surface area contributed by atoms with Crippen LogP contribution in [-0.4, -0.2) is 29.9 Å². The predicted molar refractivity (Wildman–Crippen MR) is 83.4 cm³/mol. The van der Waals surface area contributed by atoms with Gasteiger partial charge in [0.1, 0.15) is 6.29 Å². The third kappa shape index (κ3) is 4.67. The number of carbonyl (C=O) groups is 2. The summed E-state index contributed by atoms with van der Waals surface area (Å²) in [6.07, 6.45) is 4.40. The van der Waals surface area contributed by atoms with E-state index in [9.17, 15) is 9.59 Å². The Kier molecular flexibility index (Phi) is 7.09. The SMILES string of the molecule is CCCC(CCC)(CNC(C=O)C(=O)O)c1ccccc1. The molecule has 1 atom stereocenters. The van der Waals surface area contributed by atoms with Crippen molar-refractivity contribution in [1.82, 2.24) is 5.32 Å². The molecule has 0 heterocycles. The van der Waals surface area contributed by atoms with Crippen LogP contribution in [0.2, 0.25) is 0 Å². The van der Waals surface area contributed by atoms with Crippen LogP contribution in [0.15, 0.2) is 30.3 Å². The van der Waals surface area contributed by atoms with E-state index in [-0.39, 0.29) is 5.41 Å². The number of hydrogen-bond acceptors (Lipinski definition) is 3. The lowest BCUT2D eigenvalue weighted by molar-refractivity contribution is -0.141. The van der Waals surface area contributed by atoms with E-state index in [4.69, 9.17) is 5.11 Å². The van der Waals surface area contributed by atoms with Crippen molar-refractivity contribution in [3.8, 4) is 0 Å². The number of nitrogens with one attached hydrogen (secondary N) is 1. The fourth-order valence-electron chi connectivity index (χ4n) is 2.94. The quantitative estimate of drug-likeness (QED) is 0.514. The van der Waals surface area contributed by atoms with Gasteiger partial charge in [-0.05, 0) is 18.4 Å². The van der Waals surface area contributed by atoms with E-state index in [0.717, 1.165) is 25.7 Å². The number of rotatable bonds is 10. The molecule has 1 unspecified atom stereocenters. The highest BCUT2D eigenvalue weighted by Gasteiger charge is 2.31. The van der Waals surface area contributed by atoms with E-state index in [1.54, 1.807) is 0 Å². The molecule has 0 aliphatic heterocycles. The van der Waals surface area contributed by atoms with Crippen LogP contribution in [0.25, 0.3) is 0 Å². The van der Waals surface area contributed by atoms with Crippen LogP contribution >= 0.6 is 0 Å². The molecule has 0 bridgehead atoms. The second kappa shape index (κ2) is 8.57. The number of carboxylic acids is 1. The fourth-order valence-corrected chi connectivity index (χ4v) is 2.94. The van der Waals surface area contributed by atoms with E-state index in [2.05, 4.69) is 31.3 Å². The molecule has 0 fully saturated rings. The number of carbonyl (C=O) groups excluding carboxylic acids is 1. The lowest BCUT2D eigenvalue weighted by Gasteiger charge is -2.35. The third-order valence-electron chi connectivity index (χ3n) is 3.91. The van der Waals surface area contributed by atoms with Gasteiger partial charge in [-0.1, -0.05) is 57.0 Å². The molecule has 4 heteroatoms. The first-order valence-electron chi connectivity index (χ1n) is 7.56. The van der Waals surface area contributed by atoms with Gasteiger partial charge in [0.15, 0.2) is 6.04 Å². The minimum atomic E-state index is -1.14. The molecule has 0 aliphatic rings. The zero-order chi connectivity index (χ0) is 15.7. The highest BCUT2D eigenvalue weighted by atomic mass is 16.4. The molecule has 1 aromatic rings. The van der Waals surface area contributed by atoms with Gasteiger partial charge in [0.25, 0.3) is 0 Å². The molecule has 0 amide bonds. The number of benzene rings is 1. The van der Waals surface area contributed by atoms with Gasteiger partial charge in [0.2, 0.25) is 0 Å². The molecule has 4 nitrogen and oxygen atoms in total. The van der Waals surface area contributed by atoms with Crippen LogP contribution in [0.1, 0.15) is 45.1 Å². The molecule has 0 spiro atoms. The van der Waals surface area contributed by atoms with Crippen molar-refractivity contribution >= 4 is 12.3 Å². The van der Waals surface area contributed by atoms with Crippen molar-refractivity contribution in [3.05, 3.63) is 35.9 Å². The average Bonchev–Trinajstić information content (AvgIpc) is 2.48. The smallest absolute Gasteiger partial charge is 0.328 e. The van der Waals surface area contributed by atoms with Crippen molar-refractivity contribution in [2.45, 2.75) is 51.0 Å². The third-order valence-corrected chi connectivity index (χ3v) is 3.91. The van der Waals surface area contributed by atoms with Crippen LogP contribution in [-0.2, 0) is 15.0 Å². The lowest BCUT2D eigenvalue weighted by Crippen LogP contribution is -2.46. The molecule has 0 saturated carbocycles. The summed E-state index contributed by atoms with van der Waals surface area (Å²) in [6, 6.07) is 9.02. The summed E-state index contributed by atoms with van der Waals surface area (Å²) in [4.78, 5) is 21.9. The van der Waals surface area contributed by atoms with Crippen molar-refractivity contribution in [1.29, 1.82) is 0 Å². The minimum absolute atomic E-state index is 0.124. The van der Waals surface area contributed by atoms with Crippen LogP contribution < -0.4 is 5.32 Å². The summed E-state index contributed by atoms with van der Waals surface area (Å²) >= 11 is 0. The number of aliphatic carboxylic acids is 1. The molecular formula is C17H25NO3. The van der Waals surface area contributed by atoms with E-state index in [0.29, 0.717) is 12.8 Å². The van der Waals surface area contributed by atoms with Crippen molar-refractivity contribution in [2.24, 2.45) is 0 Å². The van der Waals surface area contributed by atoms with Crippen molar-refractivity contribution in [3.63, 3.8) is 0 Å². The van der Waals surface area contributed by atoms with E-state index in [1.807, 2.05) is 18.2 Å². The van der Waals surface area contributed by atoms with Gasteiger partial charge in [-0.3, -0.25) is 10.1 Å². The molecule has 0 radical (unpaired) electrons. The maximum atomic E-state index is 11.0. The van der Waals surface area contributed by atoms with Crippen molar-refractivity contribution in [2.75, 3.05) is 6.54 Å². The minimum Gasteiger partial charge on any atom is -0.480 e.